The number of hydrogen-bond donors (Lipinski definition) is 1. The van der Waals surface area contributed by atoms with Gasteiger partial charge in [-0.05, 0) is 44.4 Å². The van der Waals surface area contributed by atoms with E-state index < -0.39 is 5.82 Å². The van der Waals surface area contributed by atoms with Crippen LogP contribution in [0.3, 0.4) is 0 Å². The van der Waals surface area contributed by atoms with E-state index in [1.165, 1.54) is 18.2 Å². The van der Waals surface area contributed by atoms with Crippen LogP contribution in [-0.4, -0.2) is 27.6 Å². The smallest absolute Gasteiger partial charge is 0.322 e. The highest BCUT2D eigenvalue weighted by Crippen LogP contribution is 2.32. The number of anilines is 1. The number of nitrogens with one attached hydrogen (secondary N) is 1. The van der Waals surface area contributed by atoms with Crippen molar-refractivity contribution in [2.24, 2.45) is 0 Å². The van der Waals surface area contributed by atoms with Crippen LogP contribution in [0.15, 0.2) is 47.0 Å². The Kier molecular flexibility index (Phi) is 5.49. The normalized spacial score (nSPS) is 16.7. The fourth-order valence-corrected chi connectivity index (χ4v) is 3.57. The maximum Gasteiger partial charge on any atom is 0.322 e. The fourth-order valence-electron chi connectivity index (χ4n) is 3.39. The number of benzene rings is 2. The summed E-state index contributed by atoms with van der Waals surface area (Å²) in [6, 6.07) is 11.3. The van der Waals surface area contributed by atoms with Crippen molar-refractivity contribution in [3.63, 3.8) is 0 Å². The van der Waals surface area contributed by atoms with Gasteiger partial charge in [0.15, 0.2) is 0 Å². The largest absolute Gasteiger partial charge is 0.337 e. The molecule has 0 unspecified atom stereocenters. The first-order valence-electron chi connectivity index (χ1n) is 9.44. The quantitative estimate of drug-likeness (QED) is 0.605. The van der Waals surface area contributed by atoms with Crippen molar-refractivity contribution in [3.8, 4) is 11.4 Å². The molecule has 1 fully saturated rings. The number of urea groups is 1. The molecule has 3 aromatic rings. The third-order valence-electron chi connectivity index (χ3n) is 4.97. The lowest BCUT2D eigenvalue weighted by Gasteiger charge is -2.33. The van der Waals surface area contributed by atoms with Crippen molar-refractivity contribution in [2.75, 3.05) is 11.9 Å². The summed E-state index contributed by atoms with van der Waals surface area (Å²) in [5.74, 6) is 0.374. The van der Waals surface area contributed by atoms with Gasteiger partial charge in [0.05, 0.1) is 5.02 Å². The molecule has 1 saturated heterocycles. The Morgan fingerprint density at radius 1 is 1.24 bits per heavy atom. The molecule has 1 atom stereocenters. The zero-order valence-electron chi connectivity index (χ0n) is 15.9. The lowest BCUT2D eigenvalue weighted by Crippen LogP contribution is -2.41. The Morgan fingerprint density at radius 3 is 2.79 bits per heavy atom. The summed E-state index contributed by atoms with van der Waals surface area (Å²) < 4.78 is 18.9. The summed E-state index contributed by atoms with van der Waals surface area (Å²) in [7, 11) is 0. The molecule has 0 saturated carbocycles. The molecule has 1 aliphatic heterocycles. The van der Waals surface area contributed by atoms with Crippen molar-refractivity contribution >= 4 is 23.3 Å². The minimum atomic E-state index is -0.532. The predicted octanol–water partition coefficient (Wildman–Crippen LogP) is 5.60. The number of piperidine rings is 1. The van der Waals surface area contributed by atoms with Crippen LogP contribution in [0.4, 0.5) is 14.9 Å². The SMILES string of the molecule is Cc1ccc(-c2noc([C@@H]3CCCCN3C(=O)Nc3ccc(F)c(Cl)c3)n2)cc1. The molecule has 4 rings (SSSR count). The van der Waals surface area contributed by atoms with Gasteiger partial charge < -0.3 is 14.7 Å². The van der Waals surface area contributed by atoms with Gasteiger partial charge in [-0.3, -0.25) is 0 Å². The molecule has 8 heteroatoms. The summed E-state index contributed by atoms with van der Waals surface area (Å²) in [6.07, 6.45) is 2.57. The predicted molar refractivity (Wildman–Crippen MR) is 108 cm³/mol. The molecule has 0 aliphatic carbocycles. The van der Waals surface area contributed by atoms with Crippen molar-refractivity contribution in [2.45, 2.75) is 32.2 Å². The van der Waals surface area contributed by atoms with Gasteiger partial charge in [-0.15, -0.1) is 0 Å². The number of rotatable bonds is 3. The second kappa shape index (κ2) is 8.21. The number of aromatic nitrogens is 2. The van der Waals surface area contributed by atoms with Crippen molar-refractivity contribution in [1.29, 1.82) is 0 Å². The van der Waals surface area contributed by atoms with E-state index in [0.29, 0.717) is 23.9 Å². The van der Waals surface area contributed by atoms with E-state index in [0.717, 1.165) is 30.4 Å². The molecule has 1 N–H and O–H groups in total. The van der Waals surface area contributed by atoms with Crippen LogP contribution in [-0.2, 0) is 0 Å². The minimum Gasteiger partial charge on any atom is -0.337 e. The van der Waals surface area contributed by atoms with Crippen LogP contribution in [0.1, 0.15) is 36.8 Å². The number of nitrogens with zero attached hydrogens (tertiary/aromatic N) is 3. The Hall–Kier alpha value is -2.93. The molecule has 1 aromatic heterocycles. The highest BCUT2D eigenvalue weighted by Gasteiger charge is 2.32. The monoisotopic (exact) mass is 414 g/mol. The molecule has 2 amide bonds. The zero-order chi connectivity index (χ0) is 20.4. The van der Waals surface area contributed by atoms with Gasteiger partial charge in [0.2, 0.25) is 11.7 Å². The molecular formula is C21H20ClFN4O2. The maximum absolute atomic E-state index is 13.4. The van der Waals surface area contributed by atoms with Gasteiger partial charge in [-0.25, -0.2) is 9.18 Å². The molecule has 1 aliphatic rings. The van der Waals surface area contributed by atoms with E-state index in [2.05, 4.69) is 15.5 Å². The second-order valence-electron chi connectivity index (χ2n) is 7.09. The molecule has 150 valence electrons. The van der Waals surface area contributed by atoms with E-state index in [1.807, 2.05) is 31.2 Å². The molecule has 0 radical (unpaired) electrons. The van der Waals surface area contributed by atoms with Crippen LogP contribution < -0.4 is 5.32 Å². The van der Waals surface area contributed by atoms with Crippen LogP contribution in [0.2, 0.25) is 5.02 Å². The van der Waals surface area contributed by atoms with E-state index in [4.69, 9.17) is 16.1 Å². The number of hydrogen-bond acceptors (Lipinski definition) is 4. The Balaban J connectivity index is 1.53. The average Bonchev–Trinajstić information content (AvgIpc) is 3.21. The van der Waals surface area contributed by atoms with Gasteiger partial charge in [0, 0.05) is 17.8 Å². The number of amides is 2. The highest BCUT2D eigenvalue weighted by molar-refractivity contribution is 6.31. The third-order valence-corrected chi connectivity index (χ3v) is 5.26. The van der Waals surface area contributed by atoms with Crippen molar-refractivity contribution in [1.82, 2.24) is 15.0 Å². The number of halogens is 2. The van der Waals surface area contributed by atoms with Gasteiger partial charge in [-0.2, -0.15) is 4.98 Å². The topological polar surface area (TPSA) is 71.3 Å². The van der Waals surface area contributed by atoms with E-state index in [9.17, 15) is 9.18 Å². The maximum atomic E-state index is 13.4. The van der Waals surface area contributed by atoms with Crippen LogP contribution in [0.5, 0.6) is 0 Å². The standard InChI is InChI=1S/C21H20ClFN4O2/c1-13-5-7-14(8-6-13)19-25-20(29-26-19)18-4-2-3-11-27(18)21(28)24-15-9-10-17(23)16(22)12-15/h5-10,12,18H,2-4,11H2,1H3,(H,24,28)/t18-/m0/s1. The van der Waals surface area contributed by atoms with Gasteiger partial charge in [0.1, 0.15) is 11.9 Å². The molecule has 0 bridgehead atoms. The lowest BCUT2D eigenvalue weighted by atomic mass is 10.0. The average molecular weight is 415 g/mol. The zero-order valence-corrected chi connectivity index (χ0v) is 16.6. The molecule has 29 heavy (non-hydrogen) atoms. The molecular weight excluding hydrogens is 395 g/mol. The van der Waals surface area contributed by atoms with Gasteiger partial charge >= 0.3 is 6.03 Å². The van der Waals surface area contributed by atoms with Crippen LogP contribution >= 0.6 is 11.6 Å². The first-order valence-corrected chi connectivity index (χ1v) is 9.82. The van der Waals surface area contributed by atoms with Gasteiger partial charge in [-0.1, -0.05) is 46.6 Å². The lowest BCUT2D eigenvalue weighted by molar-refractivity contribution is 0.142. The summed E-state index contributed by atoms with van der Waals surface area (Å²) in [4.78, 5) is 19.1. The minimum absolute atomic E-state index is 0.0439. The summed E-state index contributed by atoms with van der Waals surface area (Å²) >= 11 is 5.81. The Morgan fingerprint density at radius 2 is 2.03 bits per heavy atom. The Bertz CT molecular complexity index is 1020. The molecule has 2 heterocycles. The first kappa shape index (κ1) is 19.4. The number of likely N-dealkylation sites (tertiary alicyclic amines) is 1. The van der Waals surface area contributed by atoms with Crippen molar-refractivity contribution < 1.29 is 13.7 Å². The third kappa shape index (κ3) is 4.24. The fraction of sp³-hybridized carbons (Fsp3) is 0.286. The second-order valence-corrected chi connectivity index (χ2v) is 7.49. The first-order chi connectivity index (χ1) is 14.0. The number of aryl methyl sites for hydroxylation is 1. The highest BCUT2D eigenvalue weighted by atomic mass is 35.5. The van der Waals surface area contributed by atoms with Crippen LogP contribution in [0, 0.1) is 12.7 Å². The van der Waals surface area contributed by atoms with Crippen molar-refractivity contribution in [3.05, 3.63) is 64.8 Å². The number of carbonyl (C=O) groups is 1. The Labute approximate surface area is 172 Å². The van der Waals surface area contributed by atoms with E-state index in [-0.39, 0.29) is 17.1 Å². The van der Waals surface area contributed by atoms with E-state index >= 15 is 0 Å². The molecule has 2 aromatic carbocycles. The summed E-state index contributed by atoms with van der Waals surface area (Å²) in [5.41, 5.74) is 2.43. The van der Waals surface area contributed by atoms with Crippen LogP contribution in [0.25, 0.3) is 11.4 Å². The number of carbonyl (C=O) groups excluding carboxylic acids is 1. The van der Waals surface area contributed by atoms with Gasteiger partial charge in [0.25, 0.3) is 0 Å². The van der Waals surface area contributed by atoms with E-state index in [1.54, 1.807) is 4.90 Å². The molecule has 0 spiro atoms. The molecule has 6 nitrogen and oxygen atoms in total. The summed E-state index contributed by atoms with van der Waals surface area (Å²) in [5, 5.41) is 6.81. The summed E-state index contributed by atoms with van der Waals surface area (Å²) in [6.45, 7) is 2.58.